The molecular weight excluding hydrogens is 252 g/mol. The number of aliphatic hydroxyl groups excluding tert-OH is 1. The predicted molar refractivity (Wildman–Crippen MR) is 79.6 cm³/mol. The van der Waals surface area contributed by atoms with E-state index in [-0.39, 0.29) is 6.61 Å². The van der Waals surface area contributed by atoms with Crippen molar-refractivity contribution >= 4 is 0 Å². The van der Waals surface area contributed by atoms with Crippen LogP contribution in [0.25, 0.3) is 0 Å². The topological polar surface area (TPSA) is 35.9 Å². The number of ether oxygens (including phenoxy) is 1. The molecule has 2 rings (SSSR count). The van der Waals surface area contributed by atoms with Crippen LogP contribution in [0.3, 0.4) is 0 Å². The maximum atomic E-state index is 8.93. The van der Waals surface area contributed by atoms with E-state index in [1.54, 1.807) is 0 Å². The molecule has 0 aliphatic carbocycles. The first-order chi connectivity index (χ1) is 9.81. The summed E-state index contributed by atoms with van der Waals surface area (Å²) >= 11 is 0. The van der Waals surface area contributed by atoms with Gasteiger partial charge >= 0.3 is 0 Å². The van der Waals surface area contributed by atoms with Crippen molar-refractivity contribution in [2.45, 2.75) is 6.54 Å². The lowest BCUT2D eigenvalue weighted by atomic mass is 10.2. The minimum atomic E-state index is 0.249. The standard InChI is InChI=1S/C16H22N2O2/c1-2-13-20-16-5-3-15(4-6-16)14-18-9-7-17(8-10-18)11-12-19/h1,3-6,19H,7-14H2. The van der Waals surface area contributed by atoms with Gasteiger partial charge in [0.05, 0.1) is 6.61 Å². The minimum Gasteiger partial charge on any atom is -0.481 e. The van der Waals surface area contributed by atoms with Crippen molar-refractivity contribution < 1.29 is 9.84 Å². The van der Waals surface area contributed by atoms with Crippen LogP contribution in [0.2, 0.25) is 0 Å². The van der Waals surface area contributed by atoms with Gasteiger partial charge in [-0.25, -0.2) is 0 Å². The molecule has 1 aliphatic heterocycles. The molecule has 0 amide bonds. The Hall–Kier alpha value is -1.54. The quantitative estimate of drug-likeness (QED) is 0.779. The normalized spacial score (nSPS) is 16.8. The summed E-state index contributed by atoms with van der Waals surface area (Å²) in [5, 5.41) is 8.93. The van der Waals surface area contributed by atoms with Crippen molar-refractivity contribution in [3.05, 3.63) is 29.8 Å². The zero-order valence-electron chi connectivity index (χ0n) is 11.8. The van der Waals surface area contributed by atoms with Gasteiger partial charge < -0.3 is 9.84 Å². The second-order valence-electron chi connectivity index (χ2n) is 4.98. The Morgan fingerprint density at radius 1 is 1.10 bits per heavy atom. The SMILES string of the molecule is C#CCOc1ccc(CN2CCN(CCO)CC2)cc1. The summed E-state index contributed by atoms with van der Waals surface area (Å²) in [6.45, 7) is 6.47. The van der Waals surface area contributed by atoms with E-state index in [0.717, 1.165) is 45.0 Å². The molecule has 1 fully saturated rings. The van der Waals surface area contributed by atoms with Gasteiger partial charge in [-0.15, -0.1) is 6.42 Å². The van der Waals surface area contributed by atoms with E-state index in [1.807, 2.05) is 12.1 Å². The Morgan fingerprint density at radius 3 is 2.35 bits per heavy atom. The van der Waals surface area contributed by atoms with Gasteiger partial charge in [-0.1, -0.05) is 18.1 Å². The lowest BCUT2D eigenvalue weighted by Crippen LogP contribution is -2.46. The molecule has 108 valence electrons. The third-order valence-electron chi connectivity index (χ3n) is 3.53. The van der Waals surface area contributed by atoms with E-state index >= 15 is 0 Å². The van der Waals surface area contributed by atoms with Crippen LogP contribution in [0.4, 0.5) is 0 Å². The average Bonchev–Trinajstić information content (AvgIpc) is 2.49. The molecule has 0 unspecified atom stereocenters. The van der Waals surface area contributed by atoms with Crippen molar-refractivity contribution in [2.24, 2.45) is 0 Å². The lowest BCUT2D eigenvalue weighted by Gasteiger charge is -2.34. The largest absolute Gasteiger partial charge is 0.481 e. The number of nitrogens with zero attached hydrogens (tertiary/aromatic N) is 2. The molecule has 0 radical (unpaired) electrons. The maximum absolute atomic E-state index is 8.93. The number of terminal acetylenes is 1. The molecule has 4 nitrogen and oxygen atoms in total. The van der Waals surface area contributed by atoms with Crippen LogP contribution in [0.5, 0.6) is 5.75 Å². The van der Waals surface area contributed by atoms with Gasteiger partial charge in [-0.05, 0) is 17.7 Å². The maximum Gasteiger partial charge on any atom is 0.148 e. The third kappa shape index (κ3) is 4.53. The van der Waals surface area contributed by atoms with Crippen LogP contribution >= 0.6 is 0 Å². The fourth-order valence-electron chi connectivity index (χ4n) is 2.39. The molecule has 1 saturated heterocycles. The number of benzene rings is 1. The van der Waals surface area contributed by atoms with Crippen molar-refractivity contribution in [1.29, 1.82) is 0 Å². The van der Waals surface area contributed by atoms with E-state index < -0.39 is 0 Å². The van der Waals surface area contributed by atoms with Crippen molar-refractivity contribution in [3.63, 3.8) is 0 Å². The summed E-state index contributed by atoms with van der Waals surface area (Å²) in [6, 6.07) is 8.11. The molecule has 1 aromatic rings. The smallest absolute Gasteiger partial charge is 0.148 e. The molecule has 0 spiro atoms. The Labute approximate surface area is 121 Å². The molecule has 0 bridgehead atoms. The van der Waals surface area contributed by atoms with E-state index in [9.17, 15) is 0 Å². The number of β-amino-alcohol motifs (C(OH)–C–C–N with tert-alkyl or cyclic N) is 1. The molecule has 1 aliphatic rings. The highest BCUT2D eigenvalue weighted by molar-refractivity contribution is 5.27. The zero-order valence-corrected chi connectivity index (χ0v) is 11.8. The molecule has 1 N–H and O–H groups in total. The van der Waals surface area contributed by atoms with E-state index in [0.29, 0.717) is 6.61 Å². The molecule has 0 atom stereocenters. The lowest BCUT2D eigenvalue weighted by molar-refractivity contribution is 0.108. The van der Waals surface area contributed by atoms with Crippen LogP contribution in [0.1, 0.15) is 5.56 Å². The number of rotatable bonds is 6. The van der Waals surface area contributed by atoms with Crippen LogP contribution in [0, 0.1) is 12.3 Å². The molecule has 1 aromatic carbocycles. The molecule has 0 saturated carbocycles. The molecule has 0 aromatic heterocycles. The van der Waals surface area contributed by atoms with Crippen molar-refractivity contribution in [3.8, 4) is 18.1 Å². The Morgan fingerprint density at radius 2 is 1.75 bits per heavy atom. The van der Waals surface area contributed by atoms with Crippen LogP contribution in [-0.2, 0) is 6.54 Å². The molecule has 1 heterocycles. The number of hydrogen-bond acceptors (Lipinski definition) is 4. The second kappa shape index (κ2) is 7.91. The second-order valence-corrected chi connectivity index (χ2v) is 4.98. The first kappa shape index (κ1) is 14.9. The number of hydrogen-bond donors (Lipinski definition) is 1. The van der Waals surface area contributed by atoms with Crippen LogP contribution in [-0.4, -0.2) is 60.8 Å². The van der Waals surface area contributed by atoms with Gasteiger partial charge in [-0.2, -0.15) is 0 Å². The summed E-state index contributed by atoms with van der Waals surface area (Å²) in [5.41, 5.74) is 1.29. The predicted octanol–water partition coefficient (Wildman–Crippen LogP) is 0.808. The summed E-state index contributed by atoms with van der Waals surface area (Å²) in [6.07, 6.45) is 5.16. The van der Waals surface area contributed by atoms with E-state index in [1.165, 1.54) is 5.56 Å². The molecular formula is C16H22N2O2. The number of piperazine rings is 1. The van der Waals surface area contributed by atoms with E-state index in [2.05, 4.69) is 27.9 Å². The highest BCUT2D eigenvalue weighted by Crippen LogP contribution is 2.14. The van der Waals surface area contributed by atoms with Gasteiger partial charge in [0.1, 0.15) is 12.4 Å². The molecule has 4 heteroatoms. The monoisotopic (exact) mass is 274 g/mol. The fourth-order valence-corrected chi connectivity index (χ4v) is 2.39. The van der Waals surface area contributed by atoms with Crippen LogP contribution in [0.15, 0.2) is 24.3 Å². The van der Waals surface area contributed by atoms with Gasteiger partial charge in [0.15, 0.2) is 0 Å². The summed E-state index contributed by atoms with van der Waals surface area (Å²) < 4.78 is 5.36. The highest BCUT2D eigenvalue weighted by Gasteiger charge is 2.16. The first-order valence-corrected chi connectivity index (χ1v) is 7.02. The Bertz CT molecular complexity index is 431. The van der Waals surface area contributed by atoms with E-state index in [4.69, 9.17) is 16.3 Å². The van der Waals surface area contributed by atoms with Crippen molar-refractivity contribution in [2.75, 3.05) is 45.9 Å². The third-order valence-corrected chi connectivity index (χ3v) is 3.53. The molecule has 20 heavy (non-hydrogen) atoms. The Balaban J connectivity index is 1.78. The first-order valence-electron chi connectivity index (χ1n) is 7.02. The van der Waals surface area contributed by atoms with Gasteiger partial charge in [0.2, 0.25) is 0 Å². The highest BCUT2D eigenvalue weighted by atomic mass is 16.5. The summed E-state index contributed by atoms with van der Waals surface area (Å²) in [4.78, 5) is 4.73. The van der Waals surface area contributed by atoms with Gasteiger partial charge in [0.25, 0.3) is 0 Å². The summed E-state index contributed by atoms with van der Waals surface area (Å²) in [7, 11) is 0. The zero-order chi connectivity index (χ0) is 14.2. The van der Waals surface area contributed by atoms with Crippen LogP contribution < -0.4 is 4.74 Å². The minimum absolute atomic E-state index is 0.249. The number of aliphatic hydroxyl groups is 1. The summed E-state index contributed by atoms with van der Waals surface area (Å²) in [5.74, 6) is 3.28. The average molecular weight is 274 g/mol. The van der Waals surface area contributed by atoms with Crippen molar-refractivity contribution in [1.82, 2.24) is 9.80 Å². The fraction of sp³-hybridized carbons (Fsp3) is 0.500. The van der Waals surface area contributed by atoms with Gasteiger partial charge in [0, 0.05) is 39.3 Å². The van der Waals surface area contributed by atoms with Gasteiger partial charge in [-0.3, -0.25) is 9.80 Å². The Kier molecular flexibility index (Phi) is 5.87.